The lowest BCUT2D eigenvalue weighted by Crippen LogP contribution is -2.19. The predicted octanol–water partition coefficient (Wildman–Crippen LogP) is 3.00. The molecule has 2 aromatic carbocycles. The summed E-state index contributed by atoms with van der Waals surface area (Å²) in [5.41, 5.74) is 0.690. The van der Waals surface area contributed by atoms with Crippen LogP contribution in [-0.2, 0) is 23.5 Å². The van der Waals surface area contributed by atoms with Gasteiger partial charge in [-0.1, -0.05) is 6.07 Å². The van der Waals surface area contributed by atoms with E-state index in [2.05, 4.69) is 4.72 Å². The first-order valence-electron chi connectivity index (χ1n) is 9.15. The van der Waals surface area contributed by atoms with Crippen molar-refractivity contribution in [3.63, 3.8) is 0 Å². The van der Waals surface area contributed by atoms with Crippen molar-refractivity contribution in [2.75, 3.05) is 17.1 Å². The van der Waals surface area contributed by atoms with Gasteiger partial charge in [0.15, 0.2) is 0 Å². The van der Waals surface area contributed by atoms with Crippen LogP contribution >= 0.6 is 0 Å². The van der Waals surface area contributed by atoms with Gasteiger partial charge in [-0.25, -0.2) is 21.6 Å². The van der Waals surface area contributed by atoms with Crippen LogP contribution in [0.2, 0.25) is 0 Å². The molecular formula is C21H19F3N2O4S. The third-order valence-corrected chi connectivity index (χ3v) is 5.96. The normalized spacial score (nSPS) is 11.5. The number of aliphatic hydroxyl groups is 1. The average molecular weight is 452 g/mol. The highest BCUT2D eigenvalue weighted by molar-refractivity contribution is 7.92. The van der Waals surface area contributed by atoms with Crippen LogP contribution in [0.4, 0.5) is 18.9 Å². The van der Waals surface area contributed by atoms with Crippen molar-refractivity contribution in [2.45, 2.75) is 6.42 Å². The topological polar surface area (TPSA) is 88.4 Å². The van der Waals surface area contributed by atoms with Gasteiger partial charge in [-0.15, -0.1) is 0 Å². The Balaban J connectivity index is 1.81. The maximum Gasteiger partial charge on any atom is 0.234 e. The van der Waals surface area contributed by atoms with Gasteiger partial charge in [0.05, 0.1) is 29.3 Å². The minimum absolute atomic E-state index is 0.0178. The molecule has 0 aliphatic rings. The first kappa shape index (κ1) is 22.6. The summed E-state index contributed by atoms with van der Waals surface area (Å²) in [6, 6.07) is 9.55. The van der Waals surface area contributed by atoms with Gasteiger partial charge < -0.3 is 9.67 Å². The molecule has 3 rings (SSSR count). The molecule has 0 aliphatic heterocycles. The first-order valence-corrected chi connectivity index (χ1v) is 10.8. The zero-order valence-electron chi connectivity index (χ0n) is 16.4. The van der Waals surface area contributed by atoms with E-state index in [-0.39, 0.29) is 28.9 Å². The number of halogens is 3. The minimum Gasteiger partial charge on any atom is -0.395 e. The largest absolute Gasteiger partial charge is 0.395 e. The van der Waals surface area contributed by atoms with Gasteiger partial charge in [0.25, 0.3) is 0 Å². The van der Waals surface area contributed by atoms with Crippen molar-refractivity contribution < 1.29 is 31.5 Å². The fourth-order valence-electron chi connectivity index (χ4n) is 3.07. The summed E-state index contributed by atoms with van der Waals surface area (Å²) < 4.78 is 68.6. The number of ketones is 1. The maximum absolute atomic E-state index is 14.5. The Morgan fingerprint density at radius 2 is 1.77 bits per heavy atom. The molecule has 1 heterocycles. The van der Waals surface area contributed by atoms with Gasteiger partial charge in [0.1, 0.15) is 17.5 Å². The molecule has 0 fully saturated rings. The molecule has 0 radical (unpaired) electrons. The summed E-state index contributed by atoms with van der Waals surface area (Å²) in [5, 5.41) is 8.75. The molecule has 10 heteroatoms. The van der Waals surface area contributed by atoms with E-state index in [1.54, 1.807) is 13.1 Å². The van der Waals surface area contributed by atoms with E-state index >= 15 is 0 Å². The van der Waals surface area contributed by atoms with Crippen molar-refractivity contribution >= 4 is 21.5 Å². The summed E-state index contributed by atoms with van der Waals surface area (Å²) in [5.74, 6) is -3.58. The SMILES string of the molecule is Cn1c(Cc2ccc(NS(=O)(=O)CCO)cc2F)ccc1C(=O)c1ccc(F)cc1F. The molecule has 164 valence electrons. The Morgan fingerprint density at radius 1 is 1.03 bits per heavy atom. The molecule has 6 nitrogen and oxygen atoms in total. The smallest absolute Gasteiger partial charge is 0.234 e. The van der Waals surface area contributed by atoms with Gasteiger partial charge in [-0.05, 0) is 42.0 Å². The van der Waals surface area contributed by atoms with E-state index < -0.39 is 45.6 Å². The van der Waals surface area contributed by atoms with E-state index in [9.17, 15) is 26.4 Å². The second kappa shape index (κ2) is 8.94. The number of carbonyl (C=O) groups is 1. The molecule has 2 N–H and O–H groups in total. The molecule has 1 aromatic heterocycles. The van der Waals surface area contributed by atoms with Crippen LogP contribution in [0.25, 0.3) is 0 Å². The predicted molar refractivity (Wildman–Crippen MR) is 109 cm³/mol. The van der Waals surface area contributed by atoms with Crippen molar-refractivity contribution in [3.05, 3.63) is 88.5 Å². The third kappa shape index (κ3) is 5.15. The molecule has 0 atom stereocenters. The van der Waals surface area contributed by atoms with Crippen LogP contribution in [0.5, 0.6) is 0 Å². The highest BCUT2D eigenvalue weighted by Gasteiger charge is 2.19. The number of nitrogens with zero attached hydrogens (tertiary/aromatic N) is 1. The fraction of sp³-hybridized carbons (Fsp3) is 0.190. The monoisotopic (exact) mass is 452 g/mol. The Labute approximate surface area is 177 Å². The summed E-state index contributed by atoms with van der Waals surface area (Å²) in [6.45, 7) is -0.563. The maximum atomic E-state index is 14.5. The first-order chi connectivity index (χ1) is 14.6. The minimum atomic E-state index is -3.78. The molecule has 0 amide bonds. The quantitative estimate of drug-likeness (QED) is 0.515. The molecule has 0 spiro atoms. The molecule has 0 saturated carbocycles. The highest BCUT2D eigenvalue weighted by Crippen LogP contribution is 2.22. The van der Waals surface area contributed by atoms with Crippen LogP contribution in [0, 0.1) is 17.5 Å². The van der Waals surface area contributed by atoms with Crippen LogP contribution in [0.3, 0.4) is 0 Å². The van der Waals surface area contributed by atoms with E-state index in [0.717, 1.165) is 18.2 Å². The van der Waals surface area contributed by atoms with Crippen molar-refractivity contribution in [2.24, 2.45) is 7.05 Å². The lowest BCUT2D eigenvalue weighted by atomic mass is 10.1. The molecule has 3 aromatic rings. The summed E-state index contributed by atoms with van der Waals surface area (Å²) in [7, 11) is -2.21. The fourth-order valence-corrected chi connectivity index (χ4v) is 3.90. The summed E-state index contributed by atoms with van der Waals surface area (Å²) in [4.78, 5) is 12.6. The molecular weight excluding hydrogens is 433 g/mol. The molecule has 0 bridgehead atoms. The number of carbonyl (C=O) groups excluding carboxylic acids is 1. The number of rotatable bonds is 8. The van der Waals surface area contributed by atoms with E-state index in [1.807, 2.05) is 0 Å². The second-order valence-electron chi connectivity index (χ2n) is 6.85. The summed E-state index contributed by atoms with van der Waals surface area (Å²) in [6.07, 6.45) is 0.0885. The average Bonchev–Trinajstić information content (AvgIpc) is 3.03. The van der Waals surface area contributed by atoms with Gasteiger partial charge in [-0.2, -0.15) is 0 Å². The number of nitrogens with one attached hydrogen (secondary N) is 1. The molecule has 0 unspecified atom stereocenters. The number of hydrogen-bond donors (Lipinski definition) is 2. The molecule has 0 aliphatic carbocycles. The lowest BCUT2D eigenvalue weighted by Gasteiger charge is -2.11. The Kier molecular flexibility index (Phi) is 6.51. The number of aromatic nitrogens is 1. The molecule has 31 heavy (non-hydrogen) atoms. The van der Waals surface area contributed by atoms with E-state index in [4.69, 9.17) is 5.11 Å². The number of aliphatic hydroxyl groups excluding tert-OH is 1. The zero-order valence-corrected chi connectivity index (χ0v) is 17.2. The van der Waals surface area contributed by atoms with Crippen LogP contribution in [0.15, 0.2) is 48.5 Å². The van der Waals surface area contributed by atoms with Gasteiger partial charge in [0, 0.05) is 25.2 Å². The second-order valence-corrected chi connectivity index (χ2v) is 8.69. The van der Waals surface area contributed by atoms with Gasteiger partial charge in [-0.3, -0.25) is 9.52 Å². The van der Waals surface area contributed by atoms with Crippen LogP contribution < -0.4 is 4.72 Å². The Morgan fingerprint density at radius 3 is 2.42 bits per heavy atom. The highest BCUT2D eigenvalue weighted by atomic mass is 32.2. The Bertz CT molecular complexity index is 1240. The number of hydrogen-bond acceptors (Lipinski definition) is 4. The van der Waals surface area contributed by atoms with Crippen molar-refractivity contribution in [1.82, 2.24) is 4.57 Å². The van der Waals surface area contributed by atoms with Crippen LogP contribution in [0.1, 0.15) is 27.3 Å². The van der Waals surface area contributed by atoms with E-state index in [1.165, 1.54) is 22.8 Å². The number of benzene rings is 2. The van der Waals surface area contributed by atoms with Crippen molar-refractivity contribution in [3.8, 4) is 0 Å². The number of sulfonamides is 1. The lowest BCUT2D eigenvalue weighted by molar-refractivity contribution is 0.102. The van der Waals surface area contributed by atoms with Crippen molar-refractivity contribution in [1.29, 1.82) is 0 Å². The van der Waals surface area contributed by atoms with Crippen LogP contribution in [-0.4, -0.2) is 36.2 Å². The molecule has 0 saturated heterocycles. The number of anilines is 1. The third-order valence-electron chi connectivity index (χ3n) is 4.69. The van der Waals surface area contributed by atoms with Gasteiger partial charge >= 0.3 is 0 Å². The van der Waals surface area contributed by atoms with Gasteiger partial charge in [0.2, 0.25) is 15.8 Å². The summed E-state index contributed by atoms with van der Waals surface area (Å²) >= 11 is 0. The van der Waals surface area contributed by atoms with E-state index in [0.29, 0.717) is 11.8 Å². The zero-order chi connectivity index (χ0) is 22.8. The standard InChI is InChI=1S/C21H19F3N2O4S/c1-26-16(5-7-20(26)21(28)17-6-3-14(22)11-19(17)24)10-13-2-4-15(12-18(13)23)25-31(29,30)9-8-27/h2-7,11-12,25,27H,8-10H2,1H3. The Hall–Kier alpha value is -3.11.